The van der Waals surface area contributed by atoms with E-state index in [1.165, 1.54) is 127 Å². The second-order valence-corrected chi connectivity index (χ2v) is 22.2. The molecule has 0 saturated heterocycles. The maximum Gasteiger partial charge on any atom is 0.230 e. The van der Waals surface area contributed by atoms with Crippen LogP contribution in [0.1, 0.15) is 152 Å². The molecule has 2 aliphatic carbocycles. The molecule has 8 aromatic rings. The fourth-order valence-corrected chi connectivity index (χ4v) is 12.0. The number of rotatable bonds is 29. The lowest BCUT2D eigenvalue weighted by Crippen LogP contribution is -2.13. The van der Waals surface area contributed by atoms with E-state index >= 15 is 0 Å². The van der Waals surface area contributed by atoms with Crippen LogP contribution in [0, 0.1) is 11.8 Å². The summed E-state index contributed by atoms with van der Waals surface area (Å²) in [6.07, 6.45) is 24.4. The molecule has 0 amide bonds. The van der Waals surface area contributed by atoms with Gasteiger partial charge in [0.05, 0.1) is 0 Å². The zero-order chi connectivity index (χ0) is 54.6. The Labute approximate surface area is 475 Å². The van der Waals surface area contributed by atoms with Gasteiger partial charge in [0, 0.05) is 0 Å². The summed E-state index contributed by atoms with van der Waals surface area (Å²) in [6.45, 7) is 4.92. The first-order chi connectivity index (χ1) is 39.5. The van der Waals surface area contributed by atoms with Crippen LogP contribution in [0.15, 0.2) is 170 Å². The van der Waals surface area contributed by atoms with Crippen molar-refractivity contribution < 1.29 is 37.9 Å². The van der Waals surface area contributed by atoms with Crippen LogP contribution in [0.25, 0.3) is 32.7 Å². The monoisotopic (exact) mass is 1070 g/mol. The van der Waals surface area contributed by atoms with Crippen molar-refractivity contribution in [1.82, 2.24) is 0 Å². The second-order valence-electron chi connectivity index (χ2n) is 22.2. The molecule has 0 bridgehead atoms. The van der Waals surface area contributed by atoms with Gasteiger partial charge in [-0.1, -0.05) is 151 Å². The standard InChI is InChI=1S/C72H82O8/c1-3-5-7-9-13-53-19-23-55(24-20-53)57-27-33-61(34-28-57)73-49-75-63-39-43-65(44-40-63)77-51-79-67-37-31-59-15-11-17-69(71(59)47-67)70-18-12-16-60-32-38-68(48-72(60)70)80-52-78-66-45-41-64(42-46-66)76-50-74-62-35-29-58(30-36-62)56-25-21-54(22-26-56)14-10-8-6-4-2/h11-12,15-18,27-48,53-56H,3-10,13-14,19-26,49-52H2,1-2H3. The minimum atomic E-state index is 0.0484. The average Bonchev–Trinajstić information content (AvgIpc) is 3.51. The van der Waals surface area contributed by atoms with Gasteiger partial charge in [0.1, 0.15) is 46.0 Å². The molecule has 0 unspecified atom stereocenters. The molecule has 2 fully saturated rings. The quantitative estimate of drug-likeness (QED) is 0.0339. The summed E-state index contributed by atoms with van der Waals surface area (Å²) < 4.78 is 48.1. The molecule has 0 spiro atoms. The third-order valence-corrected chi connectivity index (χ3v) is 16.8. The van der Waals surface area contributed by atoms with E-state index in [0.717, 1.165) is 56.0 Å². The number of hydrogen-bond acceptors (Lipinski definition) is 8. The van der Waals surface area contributed by atoms with Crippen LogP contribution in [0.2, 0.25) is 0 Å². The van der Waals surface area contributed by atoms with Gasteiger partial charge in [-0.05, 0) is 216 Å². The van der Waals surface area contributed by atoms with Gasteiger partial charge in [0.25, 0.3) is 0 Å². The maximum atomic E-state index is 6.17. The topological polar surface area (TPSA) is 73.8 Å². The predicted octanol–water partition coefficient (Wildman–Crippen LogP) is 19.8. The maximum absolute atomic E-state index is 6.17. The highest BCUT2D eigenvalue weighted by molar-refractivity contribution is 6.06. The molecule has 10 rings (SSSR count). The first kappa shape index (κ1) is 56.0. The molecule has 8 nitrogen and oxygen atoms in total. The number of benzene rings is 8. The fraction of sp³-hybridized carbons (Fsp3) is 0.389. The average molecular weight is 1080 g/mol. The van der Waals surface area contributed by atoms with Crippen LogP contribution >= 0.6 is 0 Å². The predicted molar refractivity (Wildman–Crippen MR) is 324 cm³/mol. The van der Waals surface area contributed by atoms with Gasteiger partial charge < -0.3 is 37.9 Å². The van der Waals surface area contributed by atoms with Gasteiger partial charge in [0.2, 0.25) is 27.2 Å². The Hall–Kier alpha value is -7.32. The van der Waals surface area contributed by atoms with E-state index < -0.39 is 0 Å². The zero-order valence-electron chi connectivity index (χ0n) is 47.3. The largest absolute Gasteiger partial charge is 0.458 e. The van der Waals surface area contributed by atoms with Gasteiger partial charge in [0.15, 0.2) is 0 Å². The van der Waals surface area contributed by atoms with Gasteiger partial charge in [-0.3, -0.25) is 0 Å². The molecule has 2 saturated carbocycles. The Bertz CT molecular complexity index is 2890. The zero-order valence-corrected chi connectivity index (χ0v) is 47.3. The van der Waals surface area contributed by atoms with Crippen molar-refractivity contribution in [2.75, 3.05) is 27.2 Å². The van der Waals surface area contributed by atoms with Crippen LogP contribution in [0.5, 0.6) is 46.0 Å². The smallest absolute Gasteiger partial charge is 0.230 e. The van der Waals surface area contributed by atoms with Crippen molar-refractivity contribution in [1.29, 1.82) is 0 Å². The highest BCUT2D eigenvalue weighted by Gasteiger charge is 2.24. The van der Waals surface area contributed by atoms with Crippen LogP contribution in [0.3, 0.4) is 0 Å². The minimum Gasteiger partial charge on any atom is -0.458 e. The fourth-order valence-electron chi connectivity index (χ4n) is 12.0. The number of fused-ring (bicyclic) bond motifs is 2. The van der Waals surface area contributed by atoms with Crippen LogP contribution in [-0.4, -0.2) is 27.2 Å². The summed E-state index contributed by atoms with van der Waals surface area (Å²) in [6, 6.07) is 57.3. The lowest BCUT2D eigenvalue weighted by Gasteiger charge is -2.29. The summed E-state index contributed by atoms with van der Waals surface area (Å²) >= 11 is 0. The highest BCUT2D eigenvalue weighted by Crippen LogP contribution is 2.41. The van der Waals surface area contributed by atoms with E-state index in [9.17, 15) is 0 Å². The van der Waals surface area contributed by atoms with Gasteiger partial charge in [-0.2, -0.15) is 0 Å². The molecule has 0 N–H and O–H groups in total. The van der Waals surface area contributed by atoms with Gasteiger partial charge >= 0.3 is 0 Å². The van der Waals surface area contributed by atoms with Crippen LogP contribution in [0.4, 0.5) is 0 Å². The Kier molecular flexibility index (Phi) is 20.5. The van der Waals surface area contributed by atoms with E-state index in [0.29, 0.717) is 46.3 Å². The number of unbranched alkanes of at least 4 members (excludes halogenated alkanes) is 6. The molecule has 0 aromatic heterocycles. The molecule has 0 aliphatic heterocycles. The molecule has 8 heteroatoms. The van der Waals surface area contributed by atoms with Crippen molar-refractivity contribution in [3.63, 3.8) is 0 Å². The molecule has 0 atom stereocenters. The molecule has 2 aliphatic rings. The van der Waals surface area contributed by atoms with E-state index in [1.807, 2.05) is 60.7 Å². The third-order valence-electron chi connectivity index (χ3n) is 16.8. The summed E-state index contributed by atoms with van der Waals surface area (Å²) in [5.74, 6) is 8.96. The highest BCUT2D eigenvalue weighted by atomic mass is 16.7. The van der Waals surface area contributed by atoms with Crippen molar-refractivity contribution in [2.45, 2.75) is 141 Å². The summed E-state index contributed by atoms with van der Waals surface area (Å²) in [5.41, 5.74) is 5.03. The molecule has 80 heavy (non-hydrogen) atoms. The molecular formula is C72H82O8. The van der Waals surface area contributed by atoms with Crippen LogP contribution < -0.4 is 37.9 Å². The van der Waals surface area contributed by atoms with Crippen molar-refractivity contribution >= 4 is 21.5 Å². The van der Waals surface area contributed by atoms with Gasteiger partial charge in [-0.25, -0.2) is 0 Å². The summed E-state index contributed by atoms with van der Waals surface area (Å²) in [4.78, 5) is 0. The van der Waals surface area contributed by atoms with Gasteiger partial charge in [-0.15, -0.1) is 0 Å². The van der Waals surface area contributed by atoms with E-state index in [4.69, 9.17) is 37.9 Å². The van der Waals surface area contributed by atoms with E-state index in [-0.39, 0.29) is 27.2 Å². The first-order valence-electron chi connectivity index (χ1n) is 30.0. The van der Waals surface area contributed by atoms with E-state index in [2.05, 4.69) is 123 Å². The SMILES string of the molecule is CCCCCCC1CCC(c2ccc(OCOc3ccc(OCOc4ccc5cccc(-c6cccc7ccc(OCOc8ccc(OCOc9ccc(C%10CCC(CCCCCC)CC%10)cc9)cc8)cc67)c5c4)cc3)cc2)CC1. The number of ether oxygens (including phenoxy) is 8. The Morgan fingerprint density at radius 3 is 0.925 bits per heavy atom. The molecular weight excluding hydrogens is 993 g/mol. The van der Waals surface area contributed by atoms with E-state index in [1.54, 1.807) is 0 Å². The number of hydrogen-bond donors (Lipinski definition) is 0. The molecule has 0 heterocycles. The Balaban J connectivity index is 0.650. The van der Waals surface area contributed by atoms with Crippen LogP contribution in [-0.2, 0) is 0 Å². The molecule has 418 valence electrons. The third kappa shape index (κ3) is 16.0. The second kappa shape index (κ2) is 29.2. The summed E-state index contributed by atoms with van der Waals surface area (Å²) in [5, 5.41) is 4.35. The minimum absolute atomic E-state index is 0.0484. The lowest BCUT2D eigenvalue weighted by molar-refractivity contribution is 0.116. The molecule has 8 aromatic carbocycles. The van der Waals surface area contributed by atoms with Crippen molar-refractivity contribution in [3.8, 4) is 57.1 Å². The Morgan fingerprint density at radius 2 is 0.600 bits per heavy atom. The van der Waals surface area contributed by atoms with Crippen molar-refractivity contribution in [3.05, 3.63) is 181 Å². The summed E-state index contributed by atoms with van der Waals surface area (Å²) in [7, 11) is 0. The van der Waals surface area contributed by atoms with Crippen molar-refractivity contribution in [2.24, 2.45) is 11.8 Å². The first-order valence-corrected chi connectivity index (χ1v) is 30.0. The normalized spacial score (nSPS) is 17.2. The molecule has 0 radical (unpaired) electrons. The Morgan fingerprint density at radius 1 is 0.300 bits per heavy atom. The lowest BCUT2D eigenvalue weighted by atomic mass is 9.77.